The zero-order valence-corrected chi connectivity index (χ0v) is 11.5. The molecule has 1 heterocycles. The molecule has 0 fully saturated rings. The van der Waals surface area contributed by atoms with Gasteiger partial charge in [-0.15, -0.1) is 0 Å². The Morgan fingerprint density at radius 3 is 2.41 bits per heavy atom. The van der Waals surface area contributed by atoms with Crippen molar-refractivity contribution in [2.24, 2.45) is 0 Å². The van der Waals surface area contributed by atoms with Crippen LogP contribution in [-0.2, 0) is 0 Å². The fourth-order valence-corrected chi connectivity index (χ4v) is 2.06. The van der Waals surface area contributed by atoms with Crippen molar-refractivity contribution in [2.75, 3.05) is 11.1 Å². The van der Waals surface area contributed by atoms with Gasteiger partial charge < -0.3 is 11.1 Å². The SMILES string of the molecule is Nc1ncnc(Nc2cc(Cl)cc(Cl)c2)c1Br. The summed E-state index contributed by atoms with van der Waals surface area (Å²) in [5.41, 5.74) is 6.37. The van der Waals surface area contributed by atoms with Crippen LogP contribution in [0.25, 0.3) is 0 Å². The van der Waals surface area contributed by atoms with Gasteiger partial charge in [-0.2, -0.15) is 0 Å². The van der Waals surface area contributed by atoms with E-state index in [1.165, 1.54) is 6.33 Å². The Morgan fingerprint density at radius 2 is 1.76 bits per heavy atom. The van der Waals surface area contributed by atoms with Crippen LogP contribution in [0.15, 0.2) is 29.0 Å². The molecular formula is C10H7BrCl2N4. The highest BCUT2D eigenvalue weighted by molar-refractivity contribution is 9.10. The van der Waals surface area contributed by atoms with E-state index in [4.69, 9.17) is 28.9 Å². The number of benzene rings is 1. The second-order valence-electron chi connectivity index (χ2n) is 3.20. The number of halogens is 3. The minimum atomic E-state index is 0.357. The normalized spacial score (nSPS) is 10.3. The first kappa shape index (κ1) is 12.4. The van der Waals surface area contributed by atoms with Crippen molar-refractivity contribution in [2.45, 2.75) is 0 Å². The number of anilines is 3. The van der Waals surface area contributed by atoms with Crippen LogP contribution in [0.1, 0.15) is 0 Å². The van der Waals surface area contributed by atoms with Crippen LogP contribution in [0.4, 0.5) is 17.3 Å². The van der Waals surface area contributed by atoms with Crippen LogP contribution in [0.3, 0.4) is 0 Å². The minimum absolute atomic E-state index is 0.357. The third kappa shape index (κ3) is 3.00. The average Bonchev–Trinajstić information content (AvgIpc) is 2.23. The lowest BCUT2D eigenvalue weighted by atomic mass is 10.3. The van der Waals surface area contributed by atoms with Gasteiger partial charge in [0.2, 0.25) is 0 Å². The fourth-order valence-electron chi connectivity index (χ4n) is 1.23. The molecule has 1 aromatic heterocycles. The monoisotopic (exact) mass is 332 g/mol. The first-order chi connectivity index (χ1) is 8.06. The molecule has 0 aliphatic rings. The molecule has 2 aromatic rings. The van der Waals surface area contributed by atoms with E-state index in [-0.39, 0.29) is 0 Å². The molecule has 0 saturated heterocycles. The summed E-state index contributed by atoms with van der Waals surface area (Å²) >= 11 is 15.1. The molecule has 2 rings (SSSR count). The summed E-state index contributed by atoms with van der Waals surface area (Å²) in [5, 5.41) is 4.13. The number of hydrogen-bond acceptors (Lipinski definition) is 4. The third-order valence-corrected chi connectivity index (χ3v) is 3.16. The van der Waals surface area contributed by atoms with E-state index in [0.717, 1.165) is 5.69 Å². The second-order valence-corrected chi connectivity index (χ2v) is 4.87. The van der Waals surface area contributed by atoms with Crippen molar-refractivity contribution >= 4 is 56.5 Å². The lowest BCUT2D eigenvalue weighted by Gasteiger charge is -2.09. The molecule has 0 bridgehead atoms. The number of nitrogens with zero attached hydrogens (tertiary/aromatic N) is 2. The molecular weight excluding hydrogens is 327 g/mol. The van der Waals surface area contributed by atoms with Gasteiger partial charge in [0.1, 0.15) is 22.4 Å². The van der Waals surface area contributed by atoms with Gasteiger partial charge in [0.05, 0.1) is 0 Å². The quantitative estimate of drug-likeness (QED) is 0.875. The minimum Gasteiger partial charge on any atom is -0.383 e. The van der Waals surface area contributed by atoms with Crippen LogP contribution in [0.5, 0.6) is 0 Å². The molecule has 1 aromatic carbocycles. The molecule has 0 aliphatic heterocycles. The molecule has 17 heavy (non-hydrogen) atoms. The molecule has 0 spiro atoms. The molecule has 88 valence electrons. The summed E-state index contributed by atoms with van der Waals surface area (Å²) in [6, 6.07) is 5.12. The maximum Gasteiger partial charge on any atom is 0.150 e. The number of rotatable bonds is 2. The van der Waals surface area contributed by atoms with Crippen molar-refractivity contribution in [3.8, 4) is 0 Å². The topological polar surface area (TPSA) is 63.8 Å². The summed E-state index contributed by atoms with van der Waals surface area (Å²) in [6.07, 6.45) is 1.37. The van der Waals surface area contributed by atoms with Gasteiger partial charge in [0, 0.05) is 15.7 Å². The molecule has 3 N–H and O–H groups in total. The van der Waals surface area contributed by atoms with Gasteiger partial charge in [-0.1, -0.05) is 23.2 Å². The lowest BCUT2D eigenvalue weighted by Crippen LogP contribution is -1.99. The van der Waals surface area contributed by atoms with E-state index >= 15 is 0 Å². The highest BCUT2D eigenvalue weighted by Crippen LogP contribution is 2.29. The number of hydrogen-bond donors (Lipinski definition) is 2. The summed E-state index contributed by atoms with van der Waals surface area (Å²) in [7, 11) is 0. The third-order valence-electron chi connectivity index (χ3n) is 1.94. The molecule has 4 nitrogen and oxygen atoms in total. The van der Waals surface area contributed by atoms with E-state index in [9.17, 15) is 0 Å². The maximum absolute atomic E-state index is 5.89. The zero-order chi connectivity index (χ0) is 12.4. The van der Waals surface area contributed by atoms with Crippen LogP contribution < -0.4 is 11.1 Å². The Morgan fingerprint density at radius 1 is 1.12 bits per heavy atom. The highest BCUT2D eigenvalue weighted by atomic mass is 79.9. The maximum atomic E-state index is 5.89. The molecule has 0 aliphatic carbocycles. The molecule has 0 saturated carbocycles. The van der Waals surface area contributed by atoms with Crippen LogP contribution in [0.2, 0.25) is 10.0 Å². The van der Waals surface area contributed by atoms with Crippen molar-refractivity contribution in [1.82, 2.24) is 9.97 Å². The fraction of sp³-hybridized carbons (Fsp3) is 0. The lowest BCUT2D eigenvalue weighted by molar-refractivity contribution is 1.16. The number of nitrogen functional groups attached to an aromatic ring is 1. The van der Waals surface area contributed by atoms with E-state index in [0.29, 0.717) is 26.2 Å². The van der Waals surface area contributed by atoms with E-state index < -0.39 is 0 Å². The van der Waals surface area contributed by atoms with Crippen molar-refractivity contribution in [3.63, 3.8) is 0 Å². The number of aromatic nitrogens is 2. The van der Waals surface area contributed by atoms with E-state index in [1.807, 2.05) is 0 Å². The van der Waals surface area contributed by atoms with Gasteiger partial charge in [-0.05, 0) is 34.1 Å². The standard InChI is InChI=1S/C10H7BrCl2N4/c11-8-9(14)15-4-16-10(8)17-7-2-5(12)1-6(13)3-7/h1-4H,(H3,14,15,16,17). The molecule has 0 unspecified atom stereocenters. The first-order valence-corrected chi connectivity index (χ1v) is 6.10. The Bertz CT molecular complexity index is 542. The summed E-state index contributed by atoms with van der Waals surface area (Å²) in [5.74, 6) is 0.909. The van der Waals surface area contributed by atoms with Crippen molar-refractivity contribution in [1.29, 1.82) is 0 Å². The Labute approximate surface area is 116 Å². The molecule has 0 amide bonds. The van der Waals surface area contributed by atoms with Gasteiger partial charge in [-0.3, -0.25) is 0 Å². The first-order valence-electron chi connectivity index (χ1n) is 4.55. The Hall–Kier alpha value is -1.04. The molecule has 7 heteroatoms. The average molecular weight is 334 g/mol. The predicted octanol–water partition coefficient (Wildman–Crippen LogP) is 3.87. The van der Waals surface area contributed by atoms with Gasteiger partial charge >= 0.3 is 0 Å². The van der Waals surface area contributed by atoms with E-state index in [1.54, 1.807) is 18.2 Å². The van der Waals surface area contributed by atoms with Crippen LogP contribution in [-0.4, -0.2) is 9.97 Å². The smallest absolute Gasteiger partial charge is 0.150 e. The second kappa shape index (κ2) is 5.08. The number of nitrogens with two attached hydrogens (primary N) is 1. The summed E-state index contributed by atoms with van der Waals surface area (Å²) in [6.45, 7) is 0. The highest BCUT2D eigenvalue weighted by Gasteiger charge is 2.07. The Kier molecular flexibility index (Phi) is 3.71. The van der Waals surface area contributed by atoms with Gasteiger partial charge in [0.25, 0.3) is 0 Å². The van der Waals surface area contributed by atoms with Crippen molar-refractivity contribution in [3.05, 3.63) is 39.0 Å². The molecule has 0 atom stereocenters. The van der Waals surface area contributed by atoms with Gasteiger partial charge in [0.15, 0.2) is 0 Å². The van der Waals surface area contributed by atoms with Crippen LogP contribution in [0, 0.1) is 0 Å². The largest absolute Gasteiger partial charge is 0.383 e. The zero-order valence-electron chi connectivity index (χ0n) is 8.42. The number of nitrogens with one attached hydrogen (secondary N) is 1. The van der Waals surface area contributed by atoms with E-state index in [2.05, 4.69) is 31.2 Å². The Balaban J connectivity index is 2.34. The van der Waals surface area contributed by atoms with Crippen molar-refractivity contribution < 1.29 is 0 Å². The van der Waals surface area contributed by atoms with Gasteiger partial charge in [-0.25, -0.2) is 9.97 Å². The summed E-state index contributed by atoms with van der Waals surface area (Å²) in [4.78, 5) is 7.90. The molecule has 0 radical (unpaired) electrons. The summed E-state index contributed by atoms with van der Waals surface area (Å²) < 4.78 is 0.594. The predicted molar refractivity (Wildman–Crippen MR) is 73.9 cm³/mol. The van der Waals surface area contributed by atoms with Crippen LogP contribution >= 0.6 is 39.1 Å².